The second kappa shape index (κ2) is 12.0. The Kier molecular flexibility index (Phi) is 8.50. The number of hydrogen-bond donors (Lipinski definition) is 1. The van der Waals surface area contributed by atoms with Gasteiger partial charge in [0.25, 0.3) is 0 Å². The van der Waals surface area contributed by atoms with Gasteiger partial charge in [-0.3, -0.25) is 4.90 Å². The van der Waals surface area contributed by atoms with Crippen molar-refractivity contribution in [2.75, 3.05) is 26.4 Å². The quantitative estimate of drug-likeness (QED) is 0.436. The molecule has 1 N–H and O–H groups in total. The highest BCUT2D eigenvalue weighted by atomic mass is 35.5. The van der Waals surface area contributed by atoms with Crippen LogP contribution in [0.1, 0.15) is 11.1 Å². The minimum absolute atomic E-state index is 0.278. The van der Waals surface area contributed by atoms with Gasteiger partial charge in [-0.1, -0.05) is 35.9 Å². The monoisotopic (exact) mass is 497 g/mol. The number of halogens is 3. The van der Waals surface area contributed by atoms with Crippen molar-refractivity contribution in [2.45, 2.75) is 19.1 Å². The van der Waals surface area contributed by atoms with Gasteiger partial charge in [-0.15, -0.1) is 0 Å². The van der Waals surface area contributed by atoms with Gasteiger partial charge in [0.1, 0.15) is 35.8 Å². The van der Waals surface area contributed by atoms with E-state index in [0.29, 0.717) is 49.2 Å². The van der Waals surface area contributed by atoms with Gasteiger partial charge in [0, 0.05) is 37.7 Å². The third-order valence-electron chi connectivity index (χ3n) is 5.94. The number of piperazine rings is 1. The molecule has 0 aromatic heterocycles. The molecule has 35 heavy (non-hydrogen) atoms. The number of carbonyl (C=O) groups excluding carboxylic acids is 1. The maximum Gasteiger partial charge on any atom is 0.147 e. The Bertz CT molecular complexity index is 1150. The highest BCUT2D eigenvalue weighted by Gasteiger charge is 2.32. The Morgan fingerprint density at radius 2 is 1.54 bits per heavy atom. The summed E-state index contributed by atoms with van der Waals surface area (Å²) in [4.78, 5) is 16.2. The molecule has 0 radical (unpaired) electrons. The van der Waals surface area contributed by atoms with E-state index in [-0.39, 0.29) is 24.4 Å². The van der Waals surface area contributed by atoms with E-state index in [4.69, 9.17) is 16.3 Å². The first-order valence-electron chi connectivity index (χ1n) is 11.3. The predicted octanol–water partition coefficient (Wildman–Crippen LogP) is 4.65. The second-order valence-electron chi connectivity index (χ2n) is 8.35. The van der Waals surface area contributed by atoms with Gasteiger partial charge in [0.15, 0.2) is 0 Å². The van der Waals surface area contributed by atoms with Crippen LogP contribution in [0, 0.1) is 11.6 Å². The minimum atomic E-state index is -0.299. The molecule has 1 saturated heterocycles. The fraction of sp³-hybridized carbons (Fsp3) is 0.259. The van der Waals surface area contributed by atoms with Gasteiger partial charge < -0.3 is 15.0 Å². The van der Waals surface area contributed by atoms with Crippen molar-refractivity contribution in [3.63, 3.8) is 0 Å². The molecule has 1 heterocycles. The molecule has 1 unspecified atom stereocenters. The standard InChI is InChI=1S/C27H26ClF2N3O2/c28-22-5-11-25(12-6-22)35-19-33-14-13-32(17-21-3-9-24(30)10-4-21)27(18-34)26(33)16-31-15-20-1-7-23(29)8-2-20/h1-12,26,31H,13-17,19H2. The summed E-state index contributed by atoms with van der Waals surface area (Å²) in [5.41, 5.74) is 2.35. The summed E-state index contributed by atoms with van der Waals surface area (Å²) < 4.78 is 32.5. The van der Waals surface area contributed by atoms with Gasteiger partial charge in [-0.2, -0.15) is 0 Å². The molecule has 3 aromatic rings. The van der Waals surface area contributed by atoms with Crippen LogP contribution >= 0.6 is 11.6 Å². The molecule has 1 aliphatic heterocycles. The summed E-state index contributed by atoms with van der Waals surface area (Å²) in [6.07, 6.45) is 0. The number of nitrogens with one attached hydrogen (secondary N) is 1. The molecule has 1 aliphatic rings. The fourth-order valence-corrected chi connectivity index (χ4v) is 4.17. The zero-order valence-corrected chi connectivity index (χ0v) is 19.8. The van der Waals surface area contributed by atoms with Gasteiger partial charge in [-0.05, 0) is 59.7 Å². The van der Waals surface area contributed by atoms with Crippen molar-refractivity contribution >= 4 is 17.5 Å². The van der Waals surface area contributed by atoms with Crippen molar-refractivity contribution in [1.29, 1.82) is 0 Å². The first kappa shape index (κ1) is 24.9. The fourth-order valence-electron chi connectivity index (χ4n) is 4.04. The lowest BCUT2D eigenvalue weighted by molar-refractivity contribution is 0.0475. The van der Waals surface area contributed by atoms with E-state index in [1.807, 2.05) is 4.90 Å². The Labute approximate surface area is 208 Å². The first-order valence-corrected chi connectivity index (χ1v) is 11.7. The van der Waals surface area contributed by atoms with Crippen LogP contribution in [0.25, 0.3) is 0 Å². The van der Waals surface area contributed by atoms with Crippen molar-refractivity contribution < 1.29 is 18.3 Å². The van der Waals surface area contributed by atoms with Crippen LogP contribution in [0.5, 0.6) is 5.75 Å². The molecule has 0 bridgehead atoms. The Hall–Kier alpha value is -3.22. The van der Waals surface area contributed by atoms with E-state index in [0.717, 1.165) is 11.1 Å². The normalized spacial score (nSPS) is 16.3. The van der Waals surface area contributed by atoms with Crippen LogP contribution in [0.2, 0.25) is 5.02 Å². The van der Waals surface area contributed by atoms with Crippen LogP contribution in [-0.4, -0.2) is 48.1 Å². The molecule has 1 atom stereocenters. The van der Waals surface area contributed by atoms with Crippen LogP contribution < -0.4 is 10.1 Å². The number of hydrogen-bond acceptors (Lipinski definition) is 5. The van der Waals surface area contributed by atoms with E-state index < -0.39 is 0 Å². The van der Waals surface area contributed by atoms with Gasteiger partial charge in [0.05, 0.1) is 6.04 Å². The van der Waals surface area contributed by atoms with Gasteiger partial charge >= 0.3 is 0 Å². The minimum Gasteiger partial charge on any atom is -0.478 e. The Morgan fingerprint density at radius 1 is 0.914 bits per heavy atom. The van der Waals surface area contributed by atoms with Crippen LogP contribution in [-0.2, 0) is 17.9 Å². The molecule has 0 amide bonds. The maximum atomic E-state index is 13.3. The van der Waals surface area contributed by atoms with Crippen molar-refractivity contribution in [1.82, 2.24) is 15.1 Å². The molecule has 0 saturated carbocycles. The lowest BCUT2D eigenvalue weighted by atomic mass is 10.1. The maximum absolute atomic E-state index is 13.3. The van der Waals surface area contributed by atoms with Crippen LogP contribution in [0.3, 0.4) is 0 Å². The van der Waals surface area contributed by atoms with E-state index >= 15 is 0 Å². The Balaban J connectivity index is 1.46. The van der Waals surface area contributed by atoms with Gasteiger partial charge in [-0.25, -0.2) is 13.6 Å². The molecule has 1 fully saturated rings. The first-order chi connectivity index (χ1) is 17.0. The zero-order valence-electron chi connectivity index (χ0n) is 19.1. The lowest BCUT2D eigenvalue weighted by Gasteiger charge is -2.42. The van der Waals surface area contributed by atoms with Crippen molar-refractivity contribution in [3.8, 4) is 5.75 Å². The van der Waals surface area contributed by atoms with Crippen molar-refractivity contribution in [3.05, 3.63) is 106 Å². The summed E-state index contributed by atoms with van der Waals surface area (Å²) in [6.45, 7) is 2.99. The Morgan fingerprint density at radius 3 is 2.17 bits per heavy atom. The molecule has 182 valence electrons. The SMILES string of the molecule is O=C=C1C(CNCc2ccc(F)cc2)N(COc2ccc(Cl)cc2)CCN1Cc1ccc(F)cc1. The number of rotatable bonds is 9. The van der Waals surface area contributed by atoms with E-state index in [1.165, 1.54) is 24.3 Å². The van der Waals surface area contributed by atoms with Crippen LogP contribution in [0.15, 0.2) is 78.5 Å². The third-order valence-corrected chi connectivity index (χ3v) is 6.19. The molecule has 4 rings (SSSR count). The highest BCUT2D eigenvalue weighted by molar-refractivity contribution is 6.30. The topological polar surface area (TPSA) is 44.8 Å². The third kappa shape index (κ3) is 6.90. The highest BCUT2D eigenvalue weighted by Crippen LogP contribution is 2.23. The van der Waals surface area contributed by atoms with E-state index in [1.54, 1.807) is 48.5 Å². The molecular weight excluding hydrogens is 472 g/mol. The summed E-state index contributed by atoms with van der Waals surface area (Å²) in [6, 6.07) is 19.4. The molecule has 8 heteroatoms. The second-order valence-corrected chi connectivity index (χ2v) is 8.78. The number of benzene rings is 3. The van der Waals surface area contributed by atoms with E-state index in [2.05, 4.69) is 16.2 Å². The summed E-state index contributed by atoms with van der Waals surface area (Å²) in [7, 11) is 0. The largest absolute Gasteiger partial charge is 0.478 e. The zero-order chi connectivity index (χ0) is 24.6. The molecule has 0 spiro atoms. The molecule has 5 nitrogen and oxygen atoms in total. The predicted molar refractivity (Wildman–Crippen MR) is 132 cm³/mol. The summed E-state index contributed by atoms with van der Waals surface area (Å²) in [5.74, 6) is 2.24. The number of ether oxygens (including phenoxy) is 1. The van der Waals surface area contributed by atoms with Crippen LogP contribution in [0.4, 0.5) is 8.78 Å². The number of nitrogens with zero attached hydrogens (tertiary/aromatic N) is 2. The molecular formula is C27H26ClF2N3O2. The molecule has 3 aromatic carbocycles. The van der Waals surface area contributed by atoms with Crippen molar-refractivity contribution in [2.24, 2.45) is 0 Å². The molecule has 0 aliphatic carbocycles. The lowest BCUT2D eigenvalue weighted by Crippen LogP contribution is -2.55. The van der Waals surface area contributed by atoms with E-state index in [9.17, 15) is 13.6 Å². The summed E-state index contributed by atoms with van der Waals surface area (Å²) >= 11 is 5.96. The average molecular weight is 498 g/mol. The average Bonchev–Trinajstić information content (AvgIpc) is 2.87. The summed E-state index contributed by atoms with van der Waals surface area (Å²) in [5, 5.41) is 4.00. The van der Waals surface area contributed by atoms with Gasteiger partial charge in [0.2, 0.25) is 0 Å². The smallest absolute Gasteiger partial charge is 0.147 e.